The maximum Gasteiger partial charge on any atom is 0.311 e. The molecule has 7 heteroatoms. The van der Waals surface area contributed by atoms with Gasteiger partial charge in [-0.15, -0.1) is 0 Å². The minimum atomic E-state index is -0.949. The Bertz CT molecular complexity index is 680. The molecule has 1 saturated heterocycles. The highest BCUT2D eigenvalue weighted by atomic mass is 35.5. The maximum atomic E-state index is 14.0. The molecule has 1 aliphatic heterocycles. The molecule has 4 nitrogen and oxygen atoms in total. The topological polar surface area (TPSA) is 41.9 Å². The monoisotopic (exact) mass is 312 g/mol. The molecule has 0 N–H and O–H groups in total. The van der Waals surface area contributed by atoms with Crippen molar-refractivity contribution in [3.63, 3.8) is 0 Å². The summed E-state index contributed by atoms with van der Waals surface area (Å²) in [6.45, 7) is 3.67. The van der Waals surface area contributed by atoms with Crippen molar-refractivity contribution < 1.29 is 8.78 Å². The maximum absolute atomic E-state index is 14.0. The average Bonchev–Trinajstić information content (AvgIpc) is 2.67. The highest BCUT2D eigenvalue weighted by molar-refractivity contribution is 6.30. The van der Waals surface area contributed by atoms with Crippen LogP contribution in [0.15, 0.2) is 6.20 Å². The van der Waals surface area contributed by atoms with E-state index in [1.807, 2.05) is 4.90 Å². The van der Waals surface area contributed by atoms with Crippen LogP contribution in [0.1, 0.15) is 26.2 Å². The predicted octanol–water partition coefficient (Wildman–Crippen LogP) is 3.58. The fraction of sp³-hybridized carbons (Fsp3) is 0.500. The van der Waals surface area contributed by atoms with Gasteiger partial charge in [0.1, 0.15) is 11.3 Å². The SMILES string of the molecule is CC1CCCCN(c2nc(F)nc3c(F)c(Cl)ncc23)C1. The molecule has 2 aromatic heterocycles. The molecule has 0 amide bonds. The summed E-state index contributed by atoms with van der Waals surface area (Å²) in [6, 6.07) is 0. The van der Waals surface area contributed by atoms with Gasteiger partial charge in [-0.25, -0.2) is 9.37 Å². The Morgan fingerprint density at radius 3 is 2.90 bits per heavy atom. The molecule has 0 spiro atoms. The van der Waals surface area contributed by atoms with Gasteiger partial charge in [-0.2, -0.15) is 14.4 Å². The molecule has 0 radical (unpaired) electrons. The lowest BCUT2D eigenvalue weighted by Gasteiger charge is -2.24. The Hall–Kier alpha value is -1.56. The fourth-order valence-corrected chi connectivity index (χ4v) is 2.92. The summed E-state index contributed by atoms with van der Waals surface area (Å²) < 4.78 is 27.7. The quantitative estimate of drug-likeness (QED) is 0.596. The number of halogens is 3. The summed E-state index contributed by atoms with van der Waals surface area (Å²) in [6.07, 6.45) is 3.71. The minimum Gasteiger partial charge on any atom is -0.356 e. The largest absolute Gasteiger partial charge is 0.356 e. The molecule has 2 aromatic rings. The first-order valence-corrected chi connectivity index (χ1v) is 7.36. The van der Waals surface area contributed by atoms with E-state index < -0.39 is 11.9 Å². The highest BCUT2D eigenvalue weighted by Crippen LogP contribution is 2.29. The van der Waals surface area contributed by atoms with Crippen LogP contribution < -0.4 is 4.90 Å². The third-order valence-corrected chi connectivity index (χ3v) is 4.06. The molecule has 0 aliphatic carbocycles. The second-order valence-electron chi connectivity index (χ2n) is 5.49. The van der Waals surface area contributed by atoms with Gasteiger partial charge in [0.25, 0.3) is 0 Å². The van der Waals surface area contributed by atoms with E-state index in [4.69, 9.17) is 11.6 Å². The summed E-state index contributed by atoms with van der Waals surface area (Å²) in [5, 5.41) is 0.0863. The molecule has 112 valence electrons. The van der Waals surface area contributed by atoms with Gasteiger partial charge in [0, 0.05) is 19.3 Å². The van der Waals surface area contributed by atoms with Crippen LogP contribution in [0.4, 0.5) is 14.6 Å². The molecule has 21 heavy (non-hydrogen) atoms. The number of aromatic nitrogens is 3. The van der Waals surface area contributed by atoms with Crippen LogP contribution >= 0.6 is 11.6 Å². The summed E-state index contributed by atoms with van der Waals surface area (Å²) in [7, 11) is 0. The molecule has 3 heterocycles. The van der Waals surface area contributed by atoms with Crippen molar-refractivity contribution in [1.82, 2.24) is 15.0 Å². The molecule has 1 atom stereocenters. The molecular formula is C14H15ClF2N4. The molecule has 0 saturated carbocycles. The zero-order valence-electron chi connectivity index (χ0n) is 11.6. The van der Waals surface area contributed by atoms with Gasteiger partial charge in [0.05, 0.1) is 5.39 Å². The third kappa shape index (κ3) is 2.77. The lowest BCUT2D eigenvalue weighted by atomic mass is 10.1. The summed E-state index contributed by atoms with van der Waals surface area (Å²) >= 11 is 5.64. The van der Waals surface area contributed by atoms with Gasteiger partial charge in [-0.3, -0.25) is 0 Å². The molecule has 3 rings (SSSR count). The fourth-order valence-electron chi connectivity index (χ4n) is 2.78. The number of hydrogen-bond donors (Lipinski definition) is 0. The van der Waals surface area contributed by atoms with Crippen LogP contribution in [-0.4, -0.2) is 28.0 Å². The van der Waals surface area contributed by atoms with E-state index in [0.29, 0.717) is 17.1 Å². The zero-order chi connectivity index (χ0) is 15.0. The van der Waals surface area contributed by atoms with Gasteiger partial charge in [-0.05, 0) is 18.8 Å². The highest BCUT2D eigenvalue weighted by Gasteiger charge is 2.22. The molecule has 1 unspecified atom stereocenters. The number of nitrogens with zero attached hydrogens (tertiary/aromatic N) is 4. The van der Waals surface area contributed by atoms with E-state index in [0.717, 1.165) is 32.4 Å². The molecular weight excluding hydrogens is 298 g/mol. The van der Waals surface area contributed by atoms with Gasteiger partial charge in [-0.1, -0.05) is 24.9 Å². The van der Waals surface area contributed by atoms with Gasteiger partial charge in [0.2, 0.25) is 0 Å². The van der Waals surface area contributed by atoms with Gasteiger partial charge < -0.3 is 4.90 Å². The summed E-state index contributed by atoms with van der Waals surface area (Å²) in [5.74, 6) is 0.0691. The van der Waals surface area contributed by atoms with Crippen LogP contribution in [0, 0.1) is 17.8 Å². The van der Waals surface area contributed by atoms with E-state index in [-0.39, 0.29) is 10.7 Å². The predicted molar refractivity (Wildman–Crippen MR) is 77.5 cm³/mol. The summed E-state index contributed by atoms with van der Waals surface area (Å²) in [4.78, 5) is 13.2. The van der Waals surface area contributed by atoms with Crippen molar-refractivity contribution in [1.29, 1.82) is 0 Å². The average molecular weight is 313 g/mol. The zero-order valence-corrected chi connectivity index (χ0v) is 12.4. The number of hydrogen-bond acceptors (Lipinski definition) is 4. The van der Waals surface area contributed by atoms with Crippen molar-refractivity contribution in [2.75, 3.05) is 18.0 Å². The van der Waals surface area contributed by atoms with E-state index in [9.17, 15) is 8.78 Å². The van der Waals surface area contributed by atoms with Crippen molar-refractivity contribution in [3.8, 4) is 0 Å². The second-order valence-corrected chi connectivity index (χ2v) is 5.85. The van der Waals surface area contributed by atoms with E-state index in [2.05, 4.69) is 21.9 Å². The number of rotatable bonds is 1. The Morgan fingerprint density at radius 2 is 2.10 bits per heavy atom. The normalized spacial score (nSPS) is 19.8. The first-order chi connectivity index (χ1) is 10.1. The molecule has 0 aromatic carbocycles. The van der Waals surface area contributed by atoms with E-state index >= 15 is 0 Å². The first kappa shape index (κ1) is 14.4. The third-order valence-electron chi connectivity index (χ3n) is 3.80. The molecule has 1 aliphatic rings. The van der Waals surface area contributed by atoms with E-state index in [1.165, 1.54) is 6.20 Å². The first-order valence-electron chi connectivity index (χ1n) is 6.98. The number of pyridine rings is 1. The Labute approximate surface area is 126 Å². The second kappa shape index (κ2) is 5.67. The minimum absolute atomic E-state index is 0.116. The Balaban J connectivity index is 2.15. The van der Waals surface area contributed by atoms with Crippen molar-refractivity contribution in [2.45, 2.75) is 26.2 Å². The van der Waals surface area contributed by atoms with Crippen molar-refractivity contribution in [2.24, 2.45) is 5.92 Å². The van der Waals surface area contributed by atoms with E-state index in [1.54, 1.807) is 0 Å². The lowest BCUT2D eigenvalue weighted by Crippen LogP contribution is -2.28. The van der Waals surface area contributed by atoms with Crippen molar-refractivity contribution >= 4 is 28.3 Å². The number of anilines is 1. The van der Waals surface area contributed by atoms with Gasteiger partial charge in [0.15, 0.2) is 11.0 Å². The van der Waals surface area contributed by atoms with Crippen LogP contribution in [0.25, 0.3) is 10.9 Å². The van der Waals surface area contributed by atoms with Crippen LogP contribution in [-0.2, 0) is 0 Å². The standard InChI is InChI=1S/C14H15ClF2N4/c1-8-4-2-3-5-21(7-8)13-9-6-18-12(15)10(16)11(9)19-14(17)20-13/h6,8H,2-5,7H2,1H3. The number of fused-ring (bicyclic) bond motifs is 1. The Morgan fingerprint density at radius 1 is 1.29 bits per heavy atom. The Kier molecular flexibility index (Phi) is 3.89. The van der Waals surface area contributed by atoms with Gasteiger partial charge >= 0.3 is 6.08 Å². The summed E-state index contributed by atoms with van der Waals surface area (Å²) in [5.41, 5.74) is -0.116. The smallest absolute Gasteiger partial charge is 0.311 e. The van der Waals surface area contributed by atoms with Crippen molar-refractivity contribution in [3.05, 3.63) is 23.2 Å². The van der Waals surface area contributed by atoms with Crippen LogP contribution in [0.5, 0.6) is 0 Å². The lowest BCUT2D eigenvalue weighted by molar-refractivity contribution is 0.528. The molecule has 1 fully saturated rings. The molecule has 0 bridgehead atoms. The van der Waals surface area contributed by atoms with Crippen LogP contribution in [0.2, 0.25) is 5.15 Å². The van der Waals surface area contributed by atoms with Crippen LogP contribution in [0.3, 0.4) is 0 Å².